The summed E-state index contributed by atoms with van der Waals surface area (Å²) in [5.74, 6) is 0.240. The fourth-order valence-corrected chi connectivity index (χ4v) is 1.19. The average molecular weight is 210 g/mol. The summed E-state index contributed by atoms with van der Waals surface area (Å²) in [4.78, 5) is 7.70. The minimum Gasteiger partial charge on any atom is -0.394 e. The molecule has 0 fully saturated rings. The molecular formula is C7H10N6O2. The standard InChI is InChI=1S/C7H10N6O2/c8-6-5-7(10-3-9-6)13(12-11-5)1-4(15)2-14/h3-4,14-15H,1-2H2,(H2,8,9,10)/t4-/m1/s1. The van der Waals surface area contributed by atoms with Crippen molar-refractivity contribution in [3.63, 3.8) is 0 Å². The highest BCUT2D eigenvalue weighted by atomic mass is 16.3. The normalized spacial score (nSPS) is 13.2. The first kappa shape index (κ1) is 9.74. The Morgan fingerprint density at radius 1 is 1.47 bits per heavy atom. The predicted octanol–water partition coefficient (Wildman–Crippen LogP) is -1.84. The lowest BCUT2D eigenvalue weighted by Crippen LogP contribution is -2.20. The zero-order chi connectivity index (χ0) is 10.8. The number of nitrogen functional groups attached to an aromatic ring is 1. The minimum atomic E-state index is -0.897. The van der Waals surface area contributed by atoms with Crippen LogP contribution in [0.5, 0.6) is 0 Å². The fourth-order valence-electron chi connectivity index (χ4n) is 1.19. The second-order valence-electron chi connectivity index (χ2n) is 3.04. The SMILES string of the molecule is Nc1ncnc2c1nnn2C[C@@H](O)CO. The van der Waals surface area contributed by atoms with Gasteiger partial charge in [0.2, 0.25) is 0 Å². The summed E-state index contributed by atoms with van der Waals surface area (Å²) in [5.41, 5.74) is 6.39. The molecule has 0 amide bonds. The summed E-state index contributed by atoms with van der Waals surface area (Å²) in [6, 6.07) is 0. The maximum atomic E-state index is 9.25. The number of nitrogens with zero attached hydrogens (tertiary/aromatic N) is 5. The van der Waals surface area contributed by atoms with Crippen LogP contribution in [0.2, 0.25) is 0 Å². The molecule has 0 aliphatic carbocycles. The number of fused-ring (bicyclic) bond motifs is 1. The molecule has 2 heterocycles. The number of nitrogens with two attached hydrogens (primary N) is 1. The van der Waals surface area contributed by atoms with Gasteiger partial charge in [-0.1, -0.05) is 5.21 Å². The molecule has 2 aromatic rings. The Morgan fingerprint density at radius 3 is 3.00 bits per heavy atom. The van der Waals surface area contributed by atoms with Crippen LogP contribution in [0.15, 0.2) is 6.33 Å². The quantitative estimate of drug-likeness (QED) is 0.543. The lowest BCUT2D eigenvalue weighted by molar-refractivity contribution is 0.0787. The Bertz CT molecular complexity index is 469. The third kappa shape index (κ3) is 1.72. The lowest BCUT2D eigenvalue weighted by Gasteiger charge is -2.05. The van der Waals surface area contributed by atoms with Gasteiger partial charge in [-0.3, -0.25) is 0 Å². The van der Waals surface area contributed by atoms with Gasteiger partial charge in [-0.2, -0.15) is 0 Å². The monoisotopic (exact) mass is 210 g/mol. The molecule has 0 saturated heterocycles. The van der Waals surface area contributed by atoms with Gasteiger partial charge in [-0.15, -0.1) is 5.10 Å². The number of aliphatic hydroxyl groups is 2. The molecule has 0 aromatic carbocycles. The van der Waals surface area contributed by atoms with E-state index in [0.29, 0.717) is 11.2 Å². The van der Waals surface area contributed by atoms with E-state index in [4.69, 9.17) is 10.8 Å². The van der Waals surface area contributed by atoms with Crippen molar-refractivity contribution in [3.8, 4) is 0 Å². The maximum absolute atomic E-state index is 9.25. The Kier molecular flexibility index (Phi) is 2.44. The molecule has 0 bridgehead atoms. The van der Waals surface area contributed by atoms with Crippen LogP contribution in [-0.4, -0.2) is 47.9 Å². The molecule has 1 atom stereocenters. The van der Waals surface area contributed by atoms with Crippen molar-refractivity contribution < 1.29 is 10.2 Å². The number of rotatable bonds is 3. The molecule has 80 valence electrons. The predicted molar refractivity (Wildman–Crippen MR) is 50.6 cm³/mol. The van der Waals surface area contributed by atoms with E-state index in [2.05, 4.69) is 20.3 Å². The van der Waals surface area contributed by atoms with Crippen LogP contribution in [0.1, 0.15) is 0 Å². The van der Waals surface area contributed by atoms with Crippen LogP contribution in [0.25, 0.3) is 11.2 Å². The van der Waals surface area contributed by atoms with E-state index in [0.717, 1.165) is 0 Å². The number of aliphatic hydroxyl groups excluding tert-OH is 2. The second-order valence-corrected chi connectivity index (χ2v) is 3.04. The smallest absolute Gasteiger partial charge is 0.183 e. The van der Waals surface area contributed by atoms with Crippen molar-refractivity contribution in [3.05, 3.63) is 6.33 Å². The topological polar surface area (TPSA) is 123 Å². The van der Waals surface area contributed by atoms with Gasteiger partial charge in [0.1, 0.15) is 6.33 Å². The van der Waals surface area contributed by atoms with E-state index < -0.39 is 6.10 Å². The number of anilines is 1. The number of aromatic nitrogens is 5. The molecule has 0 saturated carbocycles. The summed E-state index contributed by atoms with van der Waals surface area (Å²) < 4.78 is 1.37. The molecule has 8 nitrogen and oxygen atoms in total. The first-order valence-electron chi connectivity index (χ1n) is 4.31. The van der Waals surface area contributed by atoms with E-state index in [1.165, 1.54) is 11.0 Å². The summed E-state index contributed by atoms with van der Waals surface area (Å²) in [5, 5.41) is 25.5. The third-order valence-corrected chi connectivity index (χ3v) is 1.92. The van der Waals surface area contributed by atoms with Crippen molar-refractivity contribution in [1.29, 1.82) is 0 Å². The van der Waals surface area contributed by atoms with Crippen molar-refractivity contribution in [1.82, 2.24) is 25.0 Å². The molecule has 0 aliphatic heterocycles. The van der Waals surface area contributed by atoms with Crippen LogP contribution < -0.4 is 5.73 Å². The highest BCUT2D eigenvalue weighted by Crippen LogP contribution is 2.12. The highest BCUT2D eigenvalue weighted by molar-refractivity contribution is 5.80. The summed E-state index contributed by atoms with van der Waals surface area (Å²) in [6.07, 6.45) is 0.397. The zero-order valence-corrected chi connectivity index (χ0v) is 7.78. The average Bonchev–Trinajstić information content (AvgIpc) is 2.63. The Morgan fingerprint density at radius 2 is 2.27 bits per heavy atom. The second kappa shape index (κ2) is 3.75. The van der Waals surface area contributed by atoms with Gasteiger partial charge >= 0.3 is 0 Å². The van der Waals surface area contributed by atoms with Crippen LogP contribution in [-0.2, 0) is 6.54 Å². The molecule has 2 rings (SSSR count). The lowest BCUT2D eigenvalue weighted by atomic mass is 10.4. The summed E-state index contributed by atoms with van der Waals surface area (Å²) in [6.45, 7) is -0.231. The fraction of sp³-hybridized carbons (Fsp3) is 0.429. The molecule has 0 radical (unpaired) electrons. The van der Waals surface area contributed by atoms with Gasteiger partial charge < -0.3 is 15.9 Å². The van der Waals surface area contributed by atoms with Gasteiger partial charge in [0.05, 0.1) is 19.3 Å². The van der Waals surface area contributed by atoms with E-state index in [1.807, 2.05) is 0 Å². The van der Waals surface area contributed by atoms with Gasteiger partial charge in [0, 0.05) is 0 Å². The van der Waals surface area contributed by atoms with E-state index >= 15 is 0 Å². The van der Waals surface area contributed by atoms with Crippen LogP contribution >= 0.6 is 0 Å². The van der Waals surface area contributed by atoms with Crippen LogP contribution in [0.3, 0.4) is 0 Å². The van der Waals surface area contributed by atoms with Crippen molar-refractivity contribution in [2.24, 2.45) is 0 Å². The molecule has 2 aromatic heterocycles. The Balaban J connectivity index is 2.41. The van der Waals surface area contributed by atoms with Crippen LogP contribution in [0.4, 0.5) is 5.82 Å². The molecule has 15 heavy (non-hydrogen) atoms. The third-order valence-electron chi connectivity index (χ3n) is 1.92. The first-order valence-corrected chi connectivity index (χ1v) is 4.31. The molecule has 0 spiro atoms. The van der Waals surface area contributed by atoms with E-state index in [9.17, 15) is 5.11 Å². The maximum Gasteiger partial charge on any atom is 0.183 e. The number of hydrogen-bond acceptors (Lipinski definition) is 7. The minimum absolute atomic E-state index is 0.115. The highest BCUT2D eigenvalue weighted by Gasteiger charge is 2.12. The molecule has 8 heteroatoms. The van der Waals surface area contributed by atoms with Crippen molar-refractivity contribution in [2.45, 2.75) is 12.6 Å². The number of hydrogen-bond donors (Lipinski definition) is 3. The molecular weight excluding hydrogens is 200 g/mol. The first-order chi connectivity index (χ1) is 7.22. The molecule has 0 unspecified atom stereocenters. The Labute approximate surface area is 84.4 Å². The molecule has 4 N–H and O–H groups in total. The largest absolute Gasteiger partial charge is 0.394 e. The summed E-state index contributed by atoms with van der Waals surface area (Å²) >= 11 is 0. The van der Waals surface area contributed by atoms with Gasteiger partial charge in [0.25, 0.3) is 0 Å². The van der Waals surface area contributed by atoms with E-state index in [-0.39, 0.29) is 19.0 Å². The van der Waals surface area contributed by atoms with Crippen molar-refractivity contribution in [2.75, 3.05) is 12.3 Å². The van der Waals surface area contributed by atoms with Gasteiger partial charge in [-0.25, -0.2) is 14.6 Å². The van der Waals surface area contributed by atoms with Gasteiger partial charge in [0.15, 0.2) is 17.0 Å². The Hall–Kier alpha value is -1.80. The van der Waals surface area contributed by atoms with E-state index in [1.54, 1.807) is 0 Å². The zero-order valence-electron chi connectivity index (χ0n) is 7.78. The molecule has 0 aliphatic rings. The van der Waals surface area contributed by atoms with Crippen molar-refractivity contribution >= 4 is 17.0 Å². The van der Waals surface area contributed by atoms with Gasteiger partial charge in [-0.05, 0) is 0 Å². The summed E-state index contributed by atoms with van der Waals surface area (Å²) in [7, 11) is 0. The van der Waals surface area contributed by atoms with Crippen LogP contribution in [0, 0.1) is 0 Å².